The Morgan fingerprint density at radius 2 is 2.12 bits per heavy atom. The van der Waals surface area contributed by atoms with Gasteiger partial charge in [0.2, 0.25) is 0 Å². The van der Waals surface area contributed by atoms with Crippen LogP contribution in [0.2, 0.25) is 0 Å². The van der Waals surface area contributed by atoms with E-state index in [0.717, 1.165) is 27.8 Å². The average molecular weight is 328 g/mol. The van der Waals surface area contributed by atoms with Crippen molar-refractivity contribution in [1.29, 1.82) is 0 Å². The lowest BCUT2D eigenvalue weighted by atomic mass is 9.98. The van der Waals surface area contributed by atoms with Crippen molar-refractivity contribution in [2.45, 2.75) is 20.3 Å². The molecule has 1 aliphatic rings. The molecular formula is C19H21FN2O2. The van der Waals surface area contributed by atoms with Crippen molar-refractivity contribution in [3.05, 3.63) is 47.4 Å². The van der Waals surface area contributed by atoms with Crippen LogP contribution in [0, 0.1) is 0 Å². The minimum atomic E-state index is -0.649. The molecule has 3 rings (SSSR count). The molecule has 0 fully saturated rings. The van der Waals surface area contributed by atoms with Gasteiger partial charge >= 0.3 is 0 Å². The maximum Gasteiger partial charge on any atom is 0.282 e. The third-order valence-corrected chi connectivity index (χ3v) is 4.36. The van der Waals surface area contributed by atoms with Crippen LogP contribution in [-0.2, 0) is 4.79 Å². The summed E-state index contributed by atoms with van der Waals surface area (Å²) in [6.07, 6.45) is 4.68. The summed E-state index contributed by atoms with van der Waals surface area (Å²) in [5.41, 5.74) is 3.73. The number of nitrogens with one attached hydrogen (secondary N) is 1. The van der Waals surface area contributed by atoms with Gasteiger partial charge in [-0.1, -0.05) is 6.08 Å². The van der Waals surface area contributed by atoms with Crippen LogP contribution < -0.4 is 4.74 Å². The van der Waals surface area contributed by atoms with Crippen LogP contribution in [0.5, 0.6) is 5.75 Å². The van der Waals surface area contributed by atoms with Gasteiger partial charge in [0.15, 0.2) is 5.83 Å². The van der Waals surface area contributed by atoms with Crippen LogP contribution in [0.15, 0.2) is 41.9 Å². The topological polar surface area (TPSA) is 45.3 Å². The number of benzene rings is 1. The summed E-state index contributed by atoms with van der Waals surface area (Å²) in [6, 6.07) is 5.91. The maximum atomic E-state index is 13.8. The fourth-order valence-electron chi connectivity index (χ4n) is 2.94. The lowest BCUT2D eigenvalue weighted by Crippen LogP contribution is -2.35. The third kappa shape index (κ3) is 2.94. The Hall–Kier alpha value is -2.56. The van der Waals surface area contributed by atoms with Gasteiger partial charge in [0.05, 0.1) is 7.11 Å². The molecule has 1 N–H and O–H groups in total. The first-order chi connectivity index (χ1) is 11.5. The second kappa shape index (κ2) is 6.51. The Balaban J connectivity index is 1.85. The van der Waals surface area contributed by atoms with Crippen LogP contribution in [0.1, 0.15) is 25.8 Å². The molecule has 0 saturated carbocycles. The van der Waals surface area contributed by atoms with Crippen LogP contribution in [0.25, 0.3) is 16.5 Å². The summed E-state index contributed by atoms with van der Waals surface area (Å²) >= 11 is 0. The van der Waals surface area contributed by atoms with Crippen molar-refractivity contribution in [3.63, 3.8) is 0 Å². The Labute approximate surface area is 140 Å². The summed E-state index contributed by atoms with van der Waals surface area (Å²) in [4.78, 5) is 16.9. The quantitative estimate of drug-likeness (QED) is 0.864. The van der Waals surface area contributed by atoms with Crippen LogP contribution in [0.4, 0.5) is 4.39 Å². The largest absolute Gasteiger partial charge is 0.497 e. The van der Waals surface area contributed by atoms with Gasteiger partial charge < -0.3 is 14.6 Å². The van der Waals surface area contributed by atoms with Gasteiger partial charge in [-0.15, -0.1) is 0 Å². The minimum Gasteiger partial charge on any atom is -0.497 e. The summed E-state index contributed by atoms with van der Waals surface area (Å²) in [5.74, 6) is -0.364. The molecular weight excluding hydrogens is 307 g/mol. The Bertz CT molecular complexity index is 844. The highest BCUT2D eigenvalue weighted by Crippen LogP contribution is 2.31. The zero-order valence-corrected chi connectivity index (χ0v) is 14.1. The molecule has 0 radical (unpaired) electrons. The van der Waals surface area contributed by atoms with E-state index in [0.29, 0.717) is 25.1 Å². The third-order valence-electron chi connectivity index (χ3n) is 4.36. The SMILES string of the molecule is COc1ccc2[nH]cc(C3=CCN(C(=O)C(F)=C(C)C)CC3)c2c1. The molecule has 0 saturated heterocycles. The van der Waals surface area contributed by atoms with Gasteiger partial charge in [0, 0.05) is 35.8 Å². The number of rotatable bonds is 3. The molecule has 1 aromatic heterocycles. The first-order valence-electron chi connectivity index (χ1n) is 7.98. The van der Waals surface area contributed by atoms with Crippen LogP contribution >= 0.6 is 0 Å². The summed E-state index contributed by atoms with van der Waals surface area (Å²) < 4.78 is 19.1. The molecule has 4 nitrogen and oxygen atoms in total. The molecule has 126 valence electrons. The van der Waals surface area contributed by atoms with Gasteiger partial charge in [-0.05, 0) is 49.6 Å². The van der Waals surface area contributed by atoms with E-state index in [-0.39, 0.29) is 0 Å². The number of methoxy groups -OCH3 is 1. The number of hydrogen-bond acceptors (Lipinski definition) is 2. The predicted molar refractivity (Wildman–Crippen MR) is 93.5 cm³/mol. The molecule has 0 aliphatic carbocycles. The second-order valence-corrected chi connectivity index (χ2v) is 6.16. The first kappa shape index (κ1) is 16.3. The highest BCUT2D eigenvalue weighted by Gasteiger charge is 2.22. The van der Waals surface area contributed by atoms with Crippen molar-refractivity contribution in [1.82, 2.24) is 9.88 Å². The Kier molecular flexibility index (Phi) is 4.42. The zero-order valence-electron chi connectivity index (χ0n) is 14.1. The molecule has 0 unspecified atom stereocenters. The van der Waals surface area contributed by atoms with E-state index in [1.165, 1.54) is 0 Å². The highest BCUT2D eigenvalue weighted by atomic mass is 19.1. The average Bonchev–Trinajstić information content (AvgIpc) is 3.03. The van der Waals surface area contributed by atoms with E-state index in [1.807, 2.05) is 30.5 Å². The Morgan fingerprint density at radius 3 is 2.75 bits per heavy atom. The molecule has 0 atom stereocenters. The van der Waals surface area contributed by atoms with Crippen LogP contribution in [0.3, 0.4) is 0 Å². The summed E-state index contributed by atoms with van der Waals surface area (Å²) in [5, 5.41) is 1.09. The lowest BCUT2D eigenvalue weighted by Gasteiger charge is -2.26. The van der Waals surface area contributed by atoms with E-state index in [2.05, 4.69) is 4.98 Å². The van der Waals surface area contributed by atoms with Gasteiger partial charge in [-0.2, -0.15) is 0 Å². The molecule has 1 aliphatic heterocycles. The number of aromatic nitrogens is 1. The maximum absolute atomic E-state index is 13.8. The van der Waals surface area contributed by atoms with Gasteiger partial charge in [-0.3, -0.25) is 4.79 Å². The molecule has 2 heterocycles. The number of H-pyrrole nitrogens is 1. The smallest absolute Gasteiger partial charge is 0.282 e. The molecule has 0 spiro atoms. The van der Waals surface area contributed by atoms with E-state index in [4.69, 9.17) is 4.74 Å². The normalized spacial score (nSPS) is 14.5. The molecule has 0 bridgehead atoms. The second-order valence-electron chi connectivity index (χ2n) is 6.16. The van der Waals surface area contributed by atoms with Gasteiger partial charge in [-0.25, -0.2) is 4.39 Å². The number of ether oxygens (including phenoxy) is 1. The van der Waals surface area contributed by atoms with Gasteiger partial charge in [0.1, 0.15) is 5.75 Å². The summed E-state index contributed by atoms with van der Waals surface area (Å²) in [7, 11) is 1.65. The number of fused-ring (bicyclic) bond motifs is 1. The van der Waals surface area contributed by atoms with Crippen molar-refractivity contribution >= 4 is 22.4 Å². The van der Waals surface area contributed by atoms with E-state index in [1.54, 1.807) is 25.9 Å². The van der Waals surface area contributed by atoms with E-state index >= 15 is 0 Å². The highest BCUT2D eigenvalue weighted by molar-refractivity contribution is 5.95. The molecule has 1 amide bonds. The lowest BCUT2D eigenvalue weighted by molar-refractivity contribution is -0.128. The number of carbonyl (C=O) groups excluding carboxylic acids is 1. The number of halogens is 1. The van der Waals surface area contributed by atoms with Crippen molar-refractivity contribution in [2.75, 3.05) is 20.2 Å². The summed E-state index contributed by atoms with van der Waals surface area (Å²) in [6.45, 7) is 4.16. The van der Waals surface area contributed by atoms with Crippen LogP contribution in [-0.4, -0.2) is 36.0 Å². The fraction of sp³-hybridized carbons (Fsp3) is 0.316. The number of amides is 1. The predicted octanol–water partition coefficient (Wildman–Crippen LogP) is 4.06. The fourth-order valence-corrected chi connectivity index (χ4v) is 2.94. The number of hydrogen-bond donors (Lipinski definition) is 1. The number of carbonyl (C=O) groups is 1. The number of allylic oxidation sites excluding steroid dienone is 1. The van der Waals surface area contributed by atoms with E-state index in [9.17, 15) is 9.18 Å². The molecule has 24 heavy (non-hydrogen) atoms. The minimum absolute atomic E-state index is 0.415. The van der Waals surface area contributed by atoms with Crippen molar-refractivity contribution < 1.29 is 13.9 Å². The van der Waals surface area contributed by atoms with Gasteiger partial charge in [0.25, 0.3) is 5.91 Å². The Morgan fingerprint density at radius 1 is 1.33 bits per heavy atom. The molecule has 5 heteroatoms. The van der Waals surface area contributed by atoms with Crippen molar-refractivity contribution in [2.24, 2.45) is 0 Å². The first-order valence-corrected chi connectivity index (χ1v) is 7.98. The number of nitrogens with zero attached hydrogens (tertiary/aromatic N) is 1. The van der Waals surface area contributed by atoms with Crippen molar-refractivity contribution in [3.8, 4) is 5.75 Å². The monoisotopic (exact) mass is 328 g/mol. The standard InChI is InChI=1S/C19H21FN2O2/c1-12(2)18(20)19(23)22-8-6-13(7-9-22)16-11-21-17-5-4-14(24-3)10-15(16)17/h4-6,10-11,21H,7-9H2,1-3H3. The molecule has 1 aromatic carbocycles. The molecule has 2 aromatic rings. The number of aromatic amines is 1. The zero-order chi connectivity index (χ0) is 17.3. The van der Waals surface area contributed by atoms with E-state index < -0.39 is 11.7 Å².